The predicted octanol–water partition coefficient (Wildman–Crippen LogP) is 3.36. The van der Waals surface area contributed by atoms with Gasteiger partial charge >= 0.3 is 6.03 Å². The number of benzene rings is 2. The lowest BCUT2D eigenvalue weighted by molar-refractivity contribution is -0.133. The second kappa shape index (κ2) is 9.98. The molecule has 3 rings (SSSR count). The summed E-state index contributed by atoms with van der Waals surface area (Å²) in [6, 6.07) is 11.9. The summed E-state index contributed by atoms with van der Waals surface area (Å²) >= 11 is 5.86. The summed E-state index contributed by atoms with van der Waals surface area (Å²) in [5.41, 5.74) is 1.50. The third-order valence-electron chi connectivity index (χ3n) is 5.48. The van der Waals surface area contributed by atoms with E-state index in [9.17, 15) is 23.2 Å². The number of rotatable bonds is 6. The second-order valence-corrected chi connectivity index (χ2v) is 10.8. The van der Waals surface area contributed by atoms with Crippen molar-refractivity contribution in [1.82, 2.24) is 15.7 Å². The van der Waals surface area contributed by atoms with E-state index in [-0.39, 0.29) is 42.9 Å². The normalized spacial score (nSPS) is 15.7. The third kappa shape index (κ3) is 5.23. The van der Waals surface area contributed by atoms with Crippen LogP contribution in [0.25, 0.3) is 0 Å². The molecule has 0 radical (unpaired) electrons. The maximum atomic E-state index is 13.5. The first kappa shape index (κ1) is 24.8. The van der Waals surface area contributed by atoms with E-state index in [2.05, 4.69) is 5.32 Å². The standard InChI is InChI=1S/C22H26ClN3O6S/c1-15(2)24-21(28)26-13-11-22(12-14-26,20(27)25-29)33(30,31)19-9-7-18(8-10-19)32-17-5-3-16(23)4-6-17/h3-10,15,29H,11-14H2,1-2H3,(H,24,28)(H,25,27). The summed E-state index contributed by atoms with van der Waals surface area (Å²) in [6.45, 7) is 3.72. The first-order valence-corrected chi connectivity index (χ1v) is 12.2. The Kier molecular flexibility index (Phi) is 7.51. The first-order valence-electron chi connectivity index (χ1n) is 10.4. The number of hydrogen-bond acceptors (Lipinski definition) is 6. The number of likely N-dealkylation sites (tertiary alicyclic amines) is 1. The van der Waals surface area contributed by atoms with Gasteiger partial charge in [-0.1, -0.05) is 11.6 Å². The molecule has 0 saturated carbocycles. The Balaban J connectivity index is 1.82. The molecule has 0 spiro atoms. The molecule has 1 aliphatic rings. The lowest BCUT2D eigenvalue weighted by Gasteiger charge is -2.39. The van der Waals surface area contributed by atoms with Gasteiger partial charge in [-0.3, -0.25) is 10.0 Å². The van der Waals surface area contributed by atoms with E-state index in [4.69, 9.17) is 16.3 Å². The van der Waals surface area contributed by atoms with E-state index < -0.39 is 20.5 Å². The van der Waals surface area contributed by atoms with E-state index in [0.29, 0.717) is 16.5 Å². The molecular weight excluding hydrogens is 470 g/mol. The number of carbonyl (C=O) groups excluding carboxylic acids is 2. The monoisotopic (exact) mass is 495 g/mol. The van der Waals surface area contributed by atoms with Crippen LogP contribution in [-0.4, -0.2) is 54.3 Å². The molecule has 3 N–H and O–H groups in total. The summed E-state index contributed by atoms with van der Waals surface area (Å²) in [7, 11) is -4.21. The number of hydrogen-bond donors (Lipinski definition) is 3. The highest BCUT2D eigenvalue weighted by Gasteiger charge is 2.53. The van der Waals surface area contributed by atoms with Crippen LogP contribution in [0, 0.1) is 0 Å². The molecule has 0 aromatic heterocycles. The molecule has 1 fully saturated rings. The fourth-order valence-corrected chi connectivity index (χ4v) is 5.76. The quantitative estimate of drug-likeness (QED) is 0.417. The van der Waals surface area contributed by atoms with Gasteiger partial charge in [0, 0.05) is 24.2 Å². The van der Waals surface area contributed by atoms with Gasteiger partial charge in [0.25, 0.3) is 5.91 Å². The zero-order valence-corrected chi connectivity index (χ0v) is 19.8. The Morgan fingerprint density at radius 2 is 1.55 bits per heavy atom. The van der Waals surface area contributed by atoms with Crippen molar-refractivity contribution in [2.45, 2.75) is 42.4 Å². The van der Waals surface area contributed by atoms with Crippen molar-refractivity contribution in [3.63, 3.8) is 0 Å². The van der Waals surface area contributed by atoms with Crippen molar-refractivity contribution in [3.05, 3.63) is 53.6 Å². The topological polar surface area (TPSA) is 125 Å². The molecule has 0 unspecified atom stereocenters. The van der Waals surface area contributed by atoms with E-state index >= 15 is 0 Å². The molecule has 33 heavy (non-hydrogen) atoms. The van der Waals surface area contributed by atoms with Crippen molar-refractivity contribution >= 4 is 33.4 Å². The van der Waals surface area contributed by atoms with Crippen LogP contribution in [0.5, 0.6) is 11.5 Å². The van der Waals surface area contributed by atoms with Crippen LogP contribution >= 0.6 is 11.6 Å². The average molecular weight is 496 g/mol. The van der Waals surface area contributed by atoms with Crippen LogP contribution < -0.4 is 15.5 Å². The van der Waals surface area contributed by atoms with E-state index in [0.717, 1.165) is 0 Å². The molecule has 11 heteroatoms. The van der Waals surface area contributed by atoms with Gasteiger partial charge < -0.3 is 15.0 Å². The fourth-order valence-electron chi connectivity index (χ4n) is 3.68. The smallest absolute Gasteiger partial charge is 0.317 e. The molecule has 0 atom stereocenters. The SMILES string of the molecule is CC(C)NC(=O)N1CCC(C(=O)NO)(S(=O)(=O)c2ccc(Oc3ccc(Cl)cc3)cc2)CC1. The van der Waals surface area contributed by atoms with Gasteiger partial charge in [0.1, 0.15) is 11.5 Å². The predicted molar refractivity (Wildman–Crippen MR) is 122 cm³/mol. The number of sulfone groups is 1. The average Bonchev–Trinajstić information content (AvgIpc) is 2.80. The molecule has 1 aliphatic heterocycles. The highest BCUT2D eigenvalue weighted by Crippen LogP contribution is 2.37. The minimum atomic E-state index is -4.21. The van der Waals surface area contributed by atoms with Gasteiger partial charge in [-0.2, -0.15) is 0 Å². The molecule has 3 amide bonds. The molecule has 1 saturated heterocycles. The summed E-state index contributed by atoms with van der Waals surface area (Å²) in [5.74, 6) is -0.0943. The van der Waals surface area contributed by atoms with Crippen molar-refractivity contribution in [2.24, 2.45) is 0 Å². The Morgan fingerprint density at radius 3 is 2.03 bits per heavy atom. The minimum absolute atomic E-state index is 0.0446. The van der Waals surface area contributed by atoms with Gasteiger partial charge in [-0.25, -0.2) is 18.7 Å². The Hall–Kier alpha value is -2.82. The first-order chi connectivity index (χ1) is 15.6. The number of carbonyl (C=O) groups is 2. The molecule has 2 aromatic rings. The number of hydroxylamine groups is 1. The molecule has 0 aliphatic carbocycles. The van der Waals surface area contributed by atoms with Crippen molar-refractivity contribution in [1.29, 1.82) is 0 Å². The number of nitrogens with zero attached hydrogens (tertiary/aromatic N) is 1. The van der Waals surface area contributed by atoms with Crippen LogP contribution in [-0.2, 0) is 14.6 Å². The second-order valence-electron chi connectivity index (χ2n) is 8.06. The highest BCUT2D eigenvalue weighted by atomic mass is 35.5. The maximum Gasteiger partial charge on any atom is 0.317 e. The molecule has 1 heterocycles. The van der Waals surface area contributed by atoms with Crippen molar-refractivity contribution in [2.75, 3.05) is 13.1 Å². The lowest BCUT2D eigenvalue weighted by atomic mass is 9.95. The van der Waals surface area contributed by atoms with Crippen LogP contribution in [0.2, 0.25) is 5.02 Å². The molecule has 0 bridgehead atoms. The molecule has 2 aromatic carbocycles. The number of piperidine rings is 1. The maximum absolute atomic E-state index is 13.5. The van der Waals surface area contributed by atoms with E-state index in [1.54, 1.807) is 24.3 Å². The Morgan fingerprint density at radius 1 is 1.03 bits per heavy atom. The highest BCUT2D eigenvalue weighted by molar-refractivity contribution is 7.93. The third-order valence-corrected chi connectivity index (χ3v) is 8.25. The molecule has 9 nitrogen and oxygen atoms in total. The van der Waals surface area contributed by atoms with Crippen LogP contribution in [0.15, 0.2) is 53.4 Å². The number of amides is 3. The van der Waals surface area contributed by atoms with Crippen LogP contribution in [0.4, 0.5) is 4.79 Å². The van der Waals surface area contributed by atoms with Crippen molar-refractivity contribution < 1.29 is 28.0 Å². The zero-order chi connectivity index (χ0) is 24.2. The number of ether oxygens (including phenoxy) is 1. The Bertz CT molecular complexity index is 1100. The van der Waals surface area contributed by atoms with Gasteiger partial charge in [0.05, 0.1) is 4.90 Å². The number of nitrogens with one attached hydrogen (secondary N) is 2. The fraction of sp³-hybridized carbons (Fsp3) is 0.364. The van der Waals surface area contributed by atoms with Gasteiger partial charge in [-0.05, 0) is 75.2 Å². The largest absolute Gasteiger partial charge is 0.457 e. The number of halogens is 1. The number of urea groups is 1. The lowest BCUT2D eigenvalue weighted by Crippen LogP contribution is -2.59. The Labute approximate surface area is 197 Å². The van der Waals surface area contributed by atoms with Crippen molar-refractivity contribution in [3.8, 4) is 11.5 Å². The van der Waals surface area contributed by atoms with Crippen LogP contribution in [0.3, 0.4) is 0 Å². The van der Waals surface area contributed by atoms with E-state index in [1.807, 2.05) is 13.8 Å². The van der Waals surface area contributed by atoms with E-state index in [1.165, 1.54) is 34.6 Å². The van der Waals surface area contributed by atoms with Gasteiger partial charge in [-0.15, -0.1) is 0 Å². The molecule has 178 valence electrons. The summed E-state index contributed by atoms with van der Waals surface area (Å²) < 4.78 is 30.8. The van der Waals surface area contributed by atoms with Gasteiger partial charge in [0.2, 0.25) is 0 Å². The minimum Gasteiger partial charge on any atom is -0.457 e. The summed E-state index contributed by atoms with van der Waals surface area (Å²) in [5, 5.41) is 12.6. The molecular formula is C22H26ClN3O6S. The summed E-state index contributed by atoms with van der Waals surface area (Å²) in [6.07, 6.45) is -0.313. The zero-order valence-electron chi connectivity index (χ0n) is 18.2. The summed E-state index contributed by atoms with van der Waals surface area (Å²) in [4.78, 5) is 26.3. The van der Waals surface area contributed by atoms with Crippen LogP contribution in [0.1, 0.15) is 26.7 Å². The van der Waals surface area contributed by atoms with Gasteiger partial charge in [0.15, 0.2) is 14.6 Å².